The highest BCUT2D eigenvalue weighted by Crippen LogP contribution is 2.25. The van der Waals surface area contributed by atoms with E-state index in [1.165, 1.54) is 6.92 Å². The van der Waals surface area contributed by atoms with E-state index < -0.39 is 0 Å². The normalized spacial score (nSPS) is 10.9. The van der Waals surface area contributed by atoms with Crippen LogP contribution in [0.2, 0.25) is 0 Å². The molecule has 3 rings (SSSR count). The van der Waals surface area contributed by atoms with Gasteiger partial charge in [0.1, 0.15) is 11.5 Å². The molecule has 2 aromatic carbocycles. The maximum absolute atomic E-state index is 11.0. The largest absolute Gasteiger partial charge is 0.491 e. The first-order valence-electron chi connectivity index (χ1n) is 8.17. The fourth-order valence-corrected chi connectivity index (χ4v) is 2.39. The summed E-state index contributed by atoms with van der Waals surface area (Å²) in [6, 6.07) is 13.6. The van der Waals surface area contributed by atoms with Gasteiger partial charge in [0.2, 0.25) is 5.91 Å². The van der Waals surface area contributed by atoms with Crippen LogP contribution in [0.1, 0.15) is 26.3 Å². The first kappa shape index (κ1) is 16.8. The van der Waals surface area contributed by atoms with Crippen LogP contribution in [0.25, 0.3) is 11.0 Å². The molecular weight excluding hydrogens is 318 g/mol. The lowest BCUT2D eigenvalue weighted by molar-refractivity contribution is -0.119. The molecule has 2 N–H and O–H groups in total. The van der Waals surface area contributed by atoms with Crippen LogP contribution in [0, 0.1) is 0 Å². The number of carbonyl (C=O) groups excluding carboxylic acids is 1. The van der Waals surface area contributed by atoms with Gasteiger partial charge in [-0.15, -0.1) is 0 Å². The van der Waals surface area contributed by atoms with E-state index in [1.807, 2.05) is 56.3 Å². The van der Waals surface area contributed by atoms with Crippen molar-refractivity contribution in [3.63, 3.8) is 0 Å². The molecule has 6 nitrogen and oxygen atoms in total. The molecule has 1 aromatic heterocycles. The third kappa shape index (κ3) is 4.50. The number of fused-ring (bicyclic) bond motifs is 1. The number of ether oxygens (including phenoxy) is 2. The zero-order chi connectivity index (χ0) is 17.8. The molecule has 130 valence electrons. The van der Waals surface area contributed by atoms with Gasteiger partial charge in [0.25, 0.3) is 6.01 Å². The summed E-state index contributed by atoms with van der Waals surface area (Å²) < 4.78 is 11.4. The first-order chi connectivity index (χ1) is 12.0. The van der Waals surface area contributed by atoms with Crippen LogP contribution in [0.3, 0.4) is 0 Å². The lowest BCUT2D eigenvalue weighted by Crippen LogP contribution is -2.18. The average Bonchev–Trinajstić information content (AvgIpc) is 2.95. The number of aromatic nitrogens is 2. The van der Waals surface area contributed by atoms with Crippen LogP contribution < -0.4 is 14.8 Å². The second-order valence-corrected chi connectivity index (χ2v) is 6.04. The Labute approximate surface area is 146 Å². The van der Waals surface area contributed by atoms with E-state index >= 15 is 0 Å². The van der Waals surface area contributed by atoms with Gasteiger partial charge in [0, 0.05) is 13.5 Å². The summed E-state index contributed by atoms with van der Waals surface area (Å²) in [5.74, 6) is 1.42. The van der Waals surface area contributed by atoms with Gasteiger partial charge in [-0.1, -0.05) is 6.07 Å². The molecule has 0 aliphatic rings. The number of nitrogens with one attached hydrogen (secondary N) is 2. The molecule has 1 amide bonds. The molecule has 0 fully saturated rings. The molecule has 0 saturated carbocycles. The molecule has 0 unspecified atom stereocenters. The average molecular weight is 339 g/mol. The maximum Gasteiger partial charge on any atom is 0.300 e. The van der Waals surface area contributed by atoms with E-state index in [-0.39, 0.29) is 12.0 Å². The van der Waals surface area contributed by atoms with Gasteiger partial charge in [0.05, 0.1) is 17.1 Å². The summed E-state index contributed by atoms with van der Waals surface area (Å²) in [4.78, 5) is 18.6. The van der Waals surface area contributed by atoms with Crippen molar-refractivity contribution in [1.82, 2.24) is 15.3 Å². The standard InChI is InChI=1S/C19H21N3O3/c1-12(2)24-15-5-7-16(8-6-15)25-19-21-17-9-4-14(10-18(17)22-19)11-20-13(3)23/h4-10,12H,11H2,1-3H3,(H,20,23)(H,21,22). The Morgan fingerprint density at radius 2 is 1.88 bits per heavy atom. The molecule has 0 spiro atoms. The lowest BCUT2D eigenvalue weighted by Gasteiger charge is -2.09. The van der Waals surface area contributed by atoms with Gasteiger partial charge >= 0.3 is 0 Å². The highest BCUT2D eigenvalue weighted by molar-refractivity contribution is 5.77. The van der Waals surface area contributed by atoms with Gasteiger partial charge < -0.3 is 19.8 Å². The Hall–Kier alpha value is -3.02. The number of hydrogen-bond acceptors (Lipinski definition) is 4. The smallest absolute Gasteiger partial charge is 0.300 e. The molecule has 6 heteroatoms. The summed E-state index contributed by atoms with van der Waals surface area (Å²) in [5, 5.41) is 2.78. The fraction of sp³-hybridized carbons (Fsp3) is 0.263. The monoisotopic (exact) mass is 339 g/mol. The minimum Gasteiger partial charge on any atom is -0.491 e. The van der Waals surface area contributed by atoms with Crippen molar-refractivity contribution in [3.8, 4) is 17.5 Å². The number of nitrogens with zero attached hydrogens (tertiary/aromatic N) is 1. The number of carbonyl (C=O) groups is 1. The Morgan fingerprint density at radius 3 is 2.56 bits per heavy atom. The summed E-state index contributed by atoms with van der Waals surface area (Å²) in [6.07, 6.45) is 0.133. The number of aromatic amines is 1. The van der Waals surface area contributed by atoms with Crippen molar-refractivity contribution in [1.29, 1.82) is 0 Å². The molecular formula is C19H21N3O3. The lowest BCUT2D eigenvalue weighted by atomic mass is 10.2. The Bertz CT molecular complexity index is 869. The number of H-pyrrole nitrogens is 1. The molecule has 0 atom stereocenters. The fourth-order valence-electron chi connectivity index (χ4n) is 2.39. The highest BCUT2D eigenvalue weighted by atomic mass is 16.5. The number of benzene rings is 2. The third-order valence-electron chi connectivity index (χ3n) is 3.48. The van der Waals surface area contributed by atoms with Crippen molar-refractivity contribution >= 4 is 16.9 Å². The van der Waals surface area contributed by atoms with Crippen molar-refractivity contribution in [2.24, 2.45) is 0 Å². The van der Waals surface area contributed by atoms with E-state index in [1.54, 1.807) is 0 Å². The molecule has 1 heterocycles. The number of hydrogen-bond donors (Lipinski definition) is 2. The minimum absolute atomic E-state index is 0.0568. The van der Waals surface area contributed by atoms with Crippen LogP contribution in [0.4, 0.5) is 0 Å². The molecule has 25 heavy (non-hydrogen) atoms. The zero-order valence-electron chi connectivity index (χ0n) is 14.5. The van der Waals surface area contributed by atoms with Crippen molar-refractivity contribution in [2.75, 3.05) is 0 Å². The first-order valence-corrected chi connectivity index (χ1v) is 8.17. The van der Waals surface area contributed by atoms with Crippen LogP contribution in [0.15, 0.2) is 42.5 Å². The van der Waals surface area contributed by atoms with Crippen molar-refractivity contribution in [3.05, 3.63) is 48.0 Å². The molecule has 0 aliphatic carbocycles. The van der Waals surface area contributed by atoms with E-state index in [4.69, 9.17) is 9.47 Å². The summed E-state index contributed by atoms with van der Waals surface area (Å²) in [5.41, 5.74) is 2.66. The predicted octanol–water partition coefficient (Wildman–Crippen LogP) is 3.78. The molecule has 0 aliphatic heterocycles. The Balaban J connectivity index is 1.72. The quantitative estimate of drug-likeness (QED) is 0.716. The van der Waals surface area contributed by atoms with Crippen LogP contribution >= 0.6 is 0 Å². The van der Waals surface area contributed by atoms with E-state index in [2.05, 4.69) is 15.3 Å². The zero-order valence-corrected chi connectivity index (χ0v) is 14.5. The van der Waals surface area contributed by atoms with Crippen molar-refractivity contribution in [2.45, 2.75) is 33.4 Å². The van der Waals surface area contributed by atoms with Crippen molar-refractivity contribution < 1.29 is 14.3 Å². The summed E-state index contributed by atoms with van der Waals surface area (Å²) >= 11 is 0. The summed E-state index contributed by atoms with van der Waals surface area (Å²) in [7, 11) is 0. The minimum atomic E-state index is -0.0568. The molecule has 0 radical (unpaired) electrons. The molecule has 0 bridgehead atoms. The van der Waals surface area contributed by atoms with Gasteiger partial charge in [-0.25, -0.2) is 0 Å². The molecule has 0 saturated heterocycles. The van der Waals surface area contributed by atoms with Gasteiger partial charge in [0.15, 0.2) is 0 Å². The van der Waals surface area contributed by atoms with Crippen LogP contribution in [0.5, 0.6) is 17.5 Å². The molecule has 3 aromatic rings. The highest BCUT2D eigenvalue weighted by Gasteiger charge is 2.07. The Kier molecular flexibility index (Phi) is 4.88. The topological polar surface area (TPSA) is 76.2 Å². The number of rotatable bonds is 6. The van der Waals surface area contributed by atoms with Gasteiger partial charge in [-0.3, -0.25) is 4.79 Å². The van der Waals surface area contributed by atoms with Crippen LogP contribution in [-0.2, 0) is 11.3 Å². The predicted molar refractivity (Wildman–Crippen MR) is 95.9 cm³/mol. The third-order valence-corrected chi connectivity index (χ3v) is 3.48. The maximum atomic E-state index is 11.0. The van der Waals surface area contributed by atoms with E-state index in [0.29, 0.717) is 18.3 Å². The second-order valence-electron chi connectivity index (χ2n) is 6.04. The number of imidazole rings is 1. The van der Waals surface area contributed by atoms with E-state index in [0.717, 1.165) is 22.3 Å². The van der Waals surface area contributed by atoms with Crippen LogP contribution in [-0.4, -0.2) is 22.0 Å². The Morgan fingerprint density at radius 1 is 1.16 bits per heavy atom. The SMILES string of the molecule is CC(=O)NCc1ccc2nc(Oc3ccc(OC(C)C)cc3)[nH]c2c1. The van der Waals surface area contributed by atoms with Gasteiger partial charge in [-0.2, -0.15) is 4.98 Å². The number of amides is 1. The van der Waals surface area contributed by atoms with Gasteiger partial charge in [-0.05, 0) is 55.8 Å². The second kappa shape index (κ2) is 7.25. The summed E-state index contributed by atoms with van der Waals surface area (Å²) in [6.45, 7) is 5.95. The van der Waals surface area contributed by atoms with E-state index in [9.17, 15) is 4.79 Å².